The molecule has 3 aromatic carbocycles. The molecular formula is C26H26BrNO7. The standard InChI is InChI=1S/C26H26BrNO7/c1-32-21-13-23(34-3)22(33-2)12-18(21)15-28(14-17-8-5-4-6-9-17)24(29)16-35-25-19(26(30)31)10-7-11-20(25)27/h4-13H,14-16H2,1-3H3,(H,30,31). The second-order valence-electron chi connectivity index (χ2n) is 7.46. The van der Waals surface area contributed by atoms with Crippen LogP contribution in [0.5, 0.6) is 23.0 Å². The number of nitrogens with zero attached hydrogens (tertiary/aromatic N) is 1. The molecule has 0 spiro atoms. The summed E-state index contributed by atoms with van der Waals surface area (Å²) in [5, 5.41) is 9.47. The summed E-state index contributed by atoms with van der Waals surface area (Å²) in [6, 6.07) is 17.7. The third-order valence-electron chi connectivity index (χ3n) is 5.25. The number of hydrogen-bond acceptors (Lipinski definition) is 6. The summed E-state index contributed by atoms with van der Waals surface area (Å²) in [7, 11) is 4.61. The highest BCUT2D eigenvalue weighted by atomic mass is 79.9. The number of hydrogen-bond donors (Lipinski definition) is 1. The summed E-state index contributed by atoms with van der Waals surface area (Å²) in [6.07, 6.45) is 0. The molecule has 0 saturated heterocycles. The Bertz CT molecular complexity index is 1180. The van der Waals surface area contributed by atoms with E-state index in [-0.39, 0.29) is 30.4 Å². The molecule has 0 saturated carbocycles. The average molecular weight is 544 g/mol. The van der Waals surface area contributed by atoms with Crippen LogP contribution in [0.4, 0.5) is 0 Å². The molecule has 0 atom stereocenters. The number of benzene rings is 3. The molecule has 0 fully saturated rings. The van der Waals surface area contributed by atoms with Crippen LogP contribution in [0.15, 0.2) is 65.1 Å². The molecule has 3 aromatic rings. The number of halogens is 1. The quantitative estimate of drug-likeness (QED) is 0.371. The van der Waals surface area contributed by atoms with Gasteiger partial charge in [-0.3, -0.25) is 4.79 Å². The minimum Gasteiger partial charge on any atom is -0.496 e. The van der Waals surface area contributed by atoms with Gasteiger partial charge in [0.25, 0.3) is 5.91 Å². The maximum absolute atomic E-state index is 13.3. The number of carboxylic acid groups (broad SMARTS) is 1. The minimum atomic E-state index is -1.15. The van der Waals surface area contributed by atoms with Crippen molar-refractivity contribution in [3.63, 3.8) is 0 Å². The largest absolute Gasteiger partial charge is 0.496 e. The summed E-state index contributed by atoms with van der Waals surface area (Å²) in [4.78, 5) is 26.5. The van der Waals surface area contributed by atoms with Crippen molar-refractivity contribution in [2.24, 2.45) is 0 Å². The van der Waals surface area contributed by atoms with Gasteiger partial charge in [-0.05, 0) is 39.7 Å². The maximum atomic E-state index is 13.3. The molecule has 0 radical (unpaired) electrons. The Labute approximate surface area is 212 Å². The van der Waals surface area contributed by atoms with Crippen LogP contribution in [0.2, 0.25) is 0 Å². The van der Waals surface area contributed by atoms with E-state index < -0.39 is 5.97 Å². The Hall–Kier alpha value is -3.72. The molecule has 0 heterocycles. The van der Waals surface area contributed by atoms with Crippen molar-refractivity contribution in [2.75, 3.05) is 27.9 Å². The van der Waals surface area contributed by atoms with Crippen LogP contribution in [-0.2, 0) is 17.9 Å². The number of carboxylic acids is 1. The van der Waals surface area contributed by atoms with E-state index in [2.05, 4.69) is 15.9 Å². The summed E-state index contributed by atoms with van der Waals surface area (Å²) in [6.45, 7) is 0.149. The Morgan fingerprint density at radius 3 is 2.14 bits per heavy atom. The SMILES string of the molecule is COc1cc(OC)c(OC)cc1CN(Cc1ccccc1)C(=O)COc1c(Br)cccc1C(=O)O. The highest BCUT2D eigenvalue weighted by Gasteiger charge is 2.22. The molecule has 0 bridgehead atoms. The number of rotatable bonds is 11. The van der Waals surface area contributed by atoms with Crippen LogP contribution in [0.1, 0.15) is 21.5 Å². The molecule has 3 rings (SSSR count). The molecule has 1 amide bonds. The Morgan fingerprint density at radius 2 is 1.51 bits per heavy atom. The number of ether oxygens (including phenoxy) is 4. The maximum Gasteiger partial charge on any atom is 0.339 e. The number of para-hydroxylation sites is 1. The van der Waals surface area contributed by atoms with Gasteiger partial charge in [-0.15, -0.1) is 0 Å². The Kier molecular flexibility index (Phi) is 8.97. The highest BCUT2D eigenvalue weighted by Crippen LogP contribution is 2.35. The fourth-order valence-corrected chi connectivity index (χ4v) is 3.99. The summed E-state index contributed by atoms with van der Waals surface area (Å²) in [5.74, 6) is 0.159. The highest BCUT2D eigenvalue weighted by molar-refractivity contribution is 9.10. The molecule has 0 aliphatic heterocycles. The van der Waals surface area contributed by atoms with E-state index in [0.717, 1.165) is 5.56 Å². The van der Waals surface area contributed by atoms with E-state index in [9.17, 15) is 14.7 Å². The zero-order valence-electron chi connectivity index (χ0n) is 19.6. The number of carbonyl (C=O) groups is 2. The number of methoxy groups -OCH3 is 3. The molecular weight excluding hydrogens is 518 g/mol. The zero-order valence-corrected chi connectivity index (χ0v) is 21.2. The van der Waals surface area contributed by atoms with Gasteiger partial charge in [0, 0.05) is 24.7 Å². The van der Waals surface area contributed by atoms with Crippen molar-refractivity contribution in [3.8, 4) is 23.0 Å². The first-order valence-electron chi connectivity index (χ1n) is 10.6. The van der Waals surface area contributed by atoms with Gasteiger partial charge >= 0.3 is 5.97 Å². The lowest BCUT2D eigenvalue weighted by molar-refractivity contribution is -0.134. The third-order valence-corrected chi connectivity index (χ3v) is 5.88. The van der Waals surface area contributed by atoms with Gasteiger partial charge in [-0.25, -0.2) is 4.79 Å². The Morgan fingerprint density at radius 1 is 0.857 bits per heavy atom. The fraction of sp³-hybridized carbons (Fsp3) is 0.231. The van der Waals surface area contributed by atoms with E-state index >= 15 is 0 Å². The van der Waals surface area contributed by atoms with E-state index in [1.54, 1.807) is 29.2 Å². The Balaban J connectivity index is 1.90. The minimum absolute atomic E-state index is 0.0386. The predicted octanol–water partition coefficient (Wildman–Crippen LogP) is 4.78. The van der Waals surface area contributed by atoms with Crippen molar-refractivity contribution in [1.82, 2.24) is 4.90 Å². The topological polar surface area (TPSA) is 94.5 Å². The predicted molar refractivity (Wildman–Crippen MR) is 133 cm³/mol. The molecule has 184 valence electrons. The summed E-state index contributed by atoms with van der Waals surface area (Å²) >= 11 is 3.30. The van der Waals surface area contributed by atoms with Crippen molar-refractivity contribution >= 4 is 27.8 Å². The molecule has 8 nitrogen and oxygen atoms in total. The lowest BCUT2D eigenvalue weighted by Crippen LogP contribution is -2.34. The van der Waals surface area contributed by atoms with Crippen LogP contribution >= 0.6 is 15.9 Å². The van der Waals surface area contributed by atoms with Crippen LogP contribution in [-0.4, -0.2) is 49.8 Å². The van der Waals surface area contributed by atoms with Crippen molar-refractivity contribution in [1.29, 1.82) is 0 Å². The number of amides is 1. The zero-order chi connectivity index (χ0) is 25.4. The molecule has 35 heavy (non-hydrogen) atoms. The van der Waals surface area contributed by atoms with Gasteiger partial charge in [0.1, 0.15) is 17.1 Å². The monoisotopic (exact) mass is 543 g/mol. The molecule has 0 aliphatic rings. The van der Waals surface area contributed by atoms with Gasteiger partial charge in [-0.2, -0.15) is 0 Å². The van der Waals surface area contributed by atoms with Gasteiger partial charge in [0.15, 0.2) is 18.1 Å². The van der Waals surface area contributed by atoms with Crippen LogP contribution in [0.3, 0.4) is 0 Å². The normalized spacial score (nSPS) is 10.4. The lowest BCUT2D eigenvalue weighted by Gasteiger charge is -2.25. The van der Waals surface area contributed by atoms with Crippen LogP contribution in [0, 0.1) is 0 Å². The molecule has 0 aromatic heterocycles. The molecule has 0 unspecified atom stereocenters. The first kappa shape index (κ1) is 25.9. The van der Waals surface area contributed by atoms with E-state index in [0.29, 0.717) is 33.8 Å². The van der Waals surface area contributed by atoms with Gasteiger partial charge in [0.2, 0.25) is 0 Å². The first-order chi connectivity index (χ1) is 16.9. The smallest absolute Gasteiger partial charge is 0.339 e. The van der Waals surface area contributed by atoms with Crippen molar-refractivity contribution in [2.45, 2.75) is 13.1 Å². The second-order valence-corrected chi connectivity index (χ2v) is 8.32. The van der Waals surface area contributed by atoms with Gasteiger partial charge < -0.3 is 29.0 Å². The molecule has 9 heteroatoms. The third kappa shape index (κ3) is 6.45. The van der Waals surface area contributed by atoms with Crippen molar-refractivity contribution in [3.05, 3.63) is 81.8 Å². The number of carbonyl (C=O) groups excluding carboxylic acids is 1. The lowest BCUT2D eigenvalue weighted by atomic mass is 10.1. The average Bonchev–Trinajstić information content (AvgIpc) is 2.87. The first-order valence-corrected chi connectivity index (χ1v) is 11.4. The fourth-order valence-electron chi connectivity index (χ4n) is 3.51. The van der Waals surface area contributed by atoms with Crippen LogP contribution in [0.25, 0.3) is 0 Å². The van der Waals surface area contributed by atoms with Gasteiger partial charge in [0.05, 0.1) is 25.8 Å². The van der Waals surface area contributed by atoms with E-state index in [4.69, 9.17) is 18.9 Å². The van der Waals surface area contributed by atoms with Crippen LogP contribution < -0.4 is 18.9 Å². The number of aromatic carboxylic acids is 1. The second kappa shape index (κ2) is 12.1. The van der Waals surface area contributed by atoms with E-state index in [1.807, 2.05) is 30.3 Å². The van der Waals surface area contributed by atoms with E-state index in [1.165, 1.54) is 27.4 Å². The van der Waals surface area contributed by atoms with Crippen molar-refractivity contribution < 1.29 is 33.6 Å². The summed E-state index contributed by atoms with van der Waals surface area (Å²) < 4.78 is 22.4. The molecule has 0 aliphatic carbocycles. The summed E-state index contributed by atoms with van der Waals surface area (Å²) in [5.41, 5.74) is 1.59. The molecule has 1 N–H and O–H groups in total. The van der Waals surface area contributed by atoms with Gasteiger partial charge in [-0.1, -0.05) is 36.4 Å².